The highest BCUT2D eigenvalue weighted by Crippen LogP contribution is 2.43. The Hall–Kier alpha value is -2.90. The molecule has 4 rings (SSSR count). The molecule has 8 heteroatoms. The van der Waals surface area contributed by atoms with Gasteiger partial charge in [0.25, 0.3) is 5.91 Å². The van der Waals surface area contributed by atoms with Crippen molar-refractivity contribution in [3.63, 3.8) is 0 Å². The van der Waals surface area contributed by atoms with Crippen LogP contribution in [0.1, 0.15) is 49.4 Å². The zero-order valence-electron chi connectivity index (χ0n) is 16.5. The predicted molar refractivity (Wildman–Crippen MR) is 104 cm³/mol. The van der Waals surface area contributed by atoms with Crippen molar-refractivity contribution in [1.29, 1.82) is 0 Å². The van der Waals surface area contributed by atoms with Crippen molar-refractivity contribution >= 4 is 29.4 Å². The Morgan fingerprint density at radius 3 is 2.55 bits per heavy atom. The third-order valence-corrected chi connectivity index (χ3v) is 6.47. The third kappa shape index (κ3) is 3.26. The van der Waals surface area contributed by atoms with Crippen molar-refractivity contribution in [3.8, 4) is 0 Å². The molecule has 3 aliphatic heterocycles. The highest BCUT2D eigenvalue weighted by atomic mass is 16.4. The number of para-hydroxylation sites is 1. The summed E-state index contributed by atoms with van der Waals surface area (Å²) >= 11 is 0. The lowest BCUT2D eigenvalue weighted by molar-refractivity contribution is -0.139. The summed E-state index contributed by atoms with van der Waals surface area (Å²) < 4.78 is 0. The van der Waals surface area contributed by atoms with Crippen LogP contribution in [0.5, 0.6) is 0 Å². The molecule has 1 unspecified atom stereocenters. The van der Waals surface area contributed by atoms with Crippen molar-refractivity contribution in [3.05, 3.63) is 29.8 Å². The molecule has 0 saturated carbocycles. The molecule has 1 aromatic rings. The molecule has 0 bridgehead atoms. The van der Waals surface area contributed by atoms with Crippen LogP contribution < -0.4 is 4.90 Å². The SMILES string of the molecule is CC12CCC(=O)N1c1ccccc1C(=O)N2CC(=O)N1CCC(CC(=O)O)CC1. The fourth-order valence-electron chi connectivity index (χ4n) is 4.81. The number of fused-ring (bicyclic) bond motifs is 3. The number of hydrogen-bond donors (Lipinski definition) is 1. The van der Waals surface area contributed by atoms with E-state index in [1.54, 1.807) is 34.1 Å². The summed E-state index contributed by atoms with van der Waals surface area (Å²) in [6.07, 6.45) is 2.25. The van der Waals surface area contributed by atoms with Gasteiger partial charge in [0.05, 0.1) is 11.3 Å². The zero-order chi connectivity index (χ0) is 20.8. The van der Waals surface area contributed by atoms with Crippen molar-refractivity contribution < 1.29 is 24.3 Å². The number of nitrogens with zero attached hydrogens (tertiary/aromatic N) is 3. The number of aliphatic carboxylic acids is 1. The molecule has 1 atom stereocenters. The molecule has 3 heterocycles. The molecule has 1 aromatic carbocycles. The topological polar surface area (TPSA) is 98.2 Å². The van der Waals surface area contributed by atoms with Crippen molar-refractivity contribution in [1.82, 2.24) is 9.80 Å². The number of anilines is 1. The monoisotopic (exact) mass is 399 g/mol. The lowest BCUT2D eigenvalue weighted by Gasteiger charge is -2.48. The summed E-state index contributed by atoms with van der Waals surface area (Å²) in [7, 11) is 0. The van der Waals surface area contributed by atoms with Crippen LogP contribution in [0.4, 0.5) is 5.69 Å². The third-order valence-electron chi connectivity index (χ3n) is 6.47. The van der Waals surface area contributed by atoms with E-state index in [0.29, 0.717) is 50.0 Å². The van der Waals surface area contributed by atoms with E-state index in [-0.39, 0.29) is 36.6 Å². The Bertz CT molecular complexity index is 877. The Kier molecular flexibility index (Phi) is 4.80. The number of amides is 3. The highest BCUT2D eigenvalue weighted by Gasteiger charge is 2.53. The molecule has 3 amide bonds. The number of rotatable bonds is 4. The van der Waals surface area contributed by atoms with Crippen LogP contribution in [-0.4, -0.2) is 63.9 Å². The van der Waals surface area contributed by atoms with E-state index in [1.165, 1.54) is 4.90 Å². The van der Waals surface area contributed by atoms with E-state index in [4.69, 9.17) is 5.11 Å². The Balaban J connectivity index is 1.53. The van der Waals surface area contributed by atoms with Gasteiger partial charge in [0, 0.05) is 25.9 Å². The molecule has 0 radical (unpaired) electrons. The Morgan fingerprint density at radius 2 is 1.86 bits per heavy atom. The molecule has 0 aromatic heterocycles. The number of hydrogen-bond acceptors (Lipinski definition) is 4. The second-order valence-electron chi connectivity index (χ2n) is 8.28. The fourth-order valence-corrected chi connectivity index (χ4v) is 4.81. The van der Waals surface area contributed by atoms with E-state index in [2.05, 4.69) is 0 Å². The van der Waals surface area contributed by atoms with Crippen LogP contribution in [0.25, 0.3) is 0 Å². The van der Waals surface area contributed by atoms with Crippen LogP contribution in [-0.2, 0) is 14.4 Å². The van der Waals surface area contributed by atoms with Crippen molar-refractivity contribution in [2.45, 2.75) is 44.7 Å². The van der Waals surface area contributed by atoms with Crippen LogP contribution in [0.3, 0.4) is 0 Å². The minimum Gasteiger partial charge on any atom is -0.481 e. The summed E-state index contributed by atoms with van der Waals surface area (Å²) in [5, 5.41) is 8.95. The molecule has 0 aliphatic carbocycles. The number of likely N-dealkylation sites (tertiary alicyclic amines) is 1. The van der Waals surface area contributed by atoms with E-state index in [1.807, 2.05) is 6.92 Å². The molecule has 2 saturated heterocycles. The minimum atomic E-state index is -0.847. The molecule has 29 heavy (non-hydrogen) atoms. The molecule has 2 fully saturated rings. The van der Waals surface area contributed by atoms with Crippen LogP contribution >= 0.6 is 0 Å². The summed E-state index contributed by atoms with van der Waals surface area (Å²) in [5.41, 5.74) is 0.202. The first kappa shape index (κ1) is 19.4. The van der Waals surface area contributed by atoms with Gasteiger partial charge in [-0.1, -0.05) is 12.1 Å². The number of carbonyl (C=O) groups excluding carboxylic acids is 3. The molecular formula is C21H25N3O5. The number of piperidine rings is 1. The number of carboxylic acids is 1. The molecule has 1 N–H and O–H groups in total. The largest absolute Gasteiger partial charge is 0.481 e. The predicted octanol–water partition coefficient (Wildman–Crippen LogP) is 1.70. The maximum atomic E-state index is 13.2. The zero-order valence-corrected chi connectivity index (χ0v) is 16.5. The molecule has 154 valence electrons. The van der Waals surface area contributed by atoms with Crippen LogP contribution in [0.2, 0.25) is 0 Å². The summed E-state index contributed by atoms with van der Waals surface area (Å²) in [4.78, 5) is 54.6. The van der Waals surface area contributed by atoms with Crippen molar-refractivity contribution in [2.24, 2.45) is 5.92 Å². The second-order valence-corrected chi connectivity index (χ2v) is 8.28. The van der Waals surface area contributed by atoms with Gasteiger partial charge in [0.1, 0.15) is 12.2 Å². The first-order valence-electron chi connectivity index (χ1n) is 10.0. The summed E-state index contributed by atoms with van der Waals surface area (Å²) in [5.74, 6) is -1.17. The number of benzene rings is 1. The van der Waals surface area contributed by atoms with Gasteiger partial charge in [-0.15, -0.1) is 0 Å². The molecule has 0 spiro atoms. The Labute approximate surface area is 169 Å². The van der Waals surface area contributed by atoms with Gasteiger partial charge in [0.15, 0.2) is 0 Å². The summed E-state index contributed by atoms with van der Waals surface area (Å²) in [6, 6.07) is 7.03. The standard InChI is InChI=1S/C21H25N3O5/c1-21-9-6-17(25)24(21)16-5-3-2-4-15(16)20(29)23(21)13-18(26)22-10-7-14(8-11-22)12-19(27)28/h2-5,14H,6-13H2,1H3,(H,27,28). The average molecular weight is 399 g/mol. The smallest absolute Gasteiger partial charge is 0.303 e. The molecule has 3 aliphatic rings. The van der Waals surface area contributed by atoms with Crippen LogP contribution in [0.15, 0.2) is 24.3 Å². The average Bonchev–Trinajstić information content (AvgIpc) is 3.01. The maximum Gasteiger partial charge on any atom is 0.303 e. The molecular weight excluding hydrogens is 374 g/mol. The lowest BCUT2D eigenvalue weighted by atomic mass is 9.93. The summed E-state index contributed by atoms with van der Waals surface area (Å²) in [6.45, 7) is 2.75. The van der Waals surface area contributed by atoms with Gasteiger partial charge >= 0.3 is 5.97 Å². The number of carboxylic acid groups (broad SMARTS) is 1. The first-order chi connectivity index (χ1) is 13.8. The van der Waals surface area contributed by atoms with Crippen LogP contribution in [0, 0.1) is 5.92 Å². The van der Waals surface area contributed by atoms with E-state index in [9.17, 15) is 19.2 Å². The molecule has 8 nitrogen and oxygen atoms in total. The van der Waals surface area contributed by atoms with E-state index in [0.717, 1.165) is 0 Å². The number of carbonyl (C=O) groups is 4. The maximum absolute atomic E-state index is 13.2. The van der Waals surface area contributed by atoms with Gasteiger partial charge in [-0.25, -0.2) is 0 Å². The van der Waals surface area contributed by atoms with E-state index >= 15 is 0 Å². The van der Waals surface area contributed by atoms with Gasteiger partial charge in [-0.3, -0.25) is 24.1 Å². The lowest BCUT2D eigenvalue weighted by Crippen LogP contribution is -2.64. The van der Waals surface area contributed by atoms with Gasteiger partial charge in [-0.05, 0) is 44.2 Å². The normalized spacial score (nSPS) is 24.5. The van der Waals surface area contributed by atoms with Crippen molar-refractivity contribution in [2.75, 3.05) is 24.5 Å². The fraction of sp³-hybridized carbons (Fsp3) is 0.524. The Morgan fingerprint density at radius 1 is 1.17 bits per heavy atom. The van der Waals surface area contributed by atoms with Gasteiger partial charge in [-0.2, -0.15) is 0 Å². The quantitative estimate of drug-likeness (QED) is 0.831. The van der Waals surface area contributed by atoms with Gasteiger partial charge in [0.2, 0.25) is 11.8 Å². The highest BCUT2D eigenvalue weighted by molar-refractivity contribution is 6.11. The second kappa shape index (κ2) is 7.17. The minimum absolute atomic E-state index is 0.0422. The first-order valence-corrected chi connectivity index (χ1v) is 10.0. The van der Waals surface area contributed by atoms with E-state index < -0.39 is 11.6 Å². The van der Waals surface area contributed by atoms with Gasteiger partial charge < -0.3 is 14.9 Å².